The van der Waals surface area contributed by atoms with Crippen LogP contribution in [0.4, 0.5) is 10.2 Å². The molecule has 0 saturated heterocycles. The predicted octanol–water partition coefficient (Wildman–Crippen LogP) is 1.69. The van der Waals surface area contributed by atoms with E-state index in [4.69, 9.17) is 5.73 Å². The van der Waals surface area contributed by atoms with E-state index in [2.05, 4.69) is 9.72 Å². The zero-order chi connectivity index (χ0) is 13.3. The molecule has 0 spiro atoms. The predicted molar refractivity (Wildman–Crippen MR) is 64.0 cm³/mol. The summed E-state index contributed by atoms with van der Waals surface area (Å²) in [5.74, 6) is -0.885. The minimum Gasteiger partial charge on any atom is -0.464 e. The van der Waals surface area contributed by atoms with Crippen molar-refractivity contribution in [3.05, 3.63) is 41.6 Å². The number of imidazole rings is 1. The zero-order valence-corrected chi connectivity index (χ0v) is 9.98. The molecule has 0 saturated carbocycles. The number of anilines is 1. The van der Waals surface area contributed by atoms with E-state index in [0.29, 0.717) is 5.69 Å². The van der Waals surface area contributed by atoms with E-state index in [1.807, 2.05) is 0 Å². The monoisotopic (exact) mass is 249 g/mol. The minimum atomic E-state index is -0.626. The highest BCUT2D eigenvalue weighted by Gasteiger charge is 2.17. The lowest BCUT2D eigenvalue weighted by molar-refractivity contribution is 0.0596. The maximum Gasteiger partial charge on any atom is 0.360 e. The van der Waals surface area contributed by atoms with Gasteiger partial charge in [0.1, 0.15) is 18.0 Å². The Morgan fingerprint density at radius 2 is 2.17 bits per heavy atom. The molecule has 94 valence electrons. The van der Waals surface area contributed by atoms with Crippen molar-refractivity contribution in [3.63, 3.8) is 0 Å². The van der Waals surface area contributed by atoms with Crippen molar-refractivity contribution in [1.82, 2.24) is 9.55 Å². The third-order valence-electron chi connectivity index (χ3n) is 2.49. The molecule has 0 bridgehead atoms. The summed E-state index contributed by atoms with van der Waals surface area (Å²) in [4.78, 5) is 15.2. The number of ether oxygens (including phenoxy) is 1. The van der Waals surface area contributed by atoms with Crippen LogP contribution in [0, 0.1) is 12.7 Å². The van der Waals surface area contributed by atoms with Gasteiger partial charge in [-0.2, -0.15) is 0 Å². The maximum atomic E-state index is 13.3. The molecule has 0 amide bonds. The van der Waals surface area contributed by atoms with Gasteiger partial charge in [0.15, 0.2) is 5.69 Å². The first-order valence-electron chi connectivity index (χ1n) is 5.21. The molecule has 1 aromatic heterocycles. The Kier molecular flexibility index (Phi) is 3.01. The molecule has 2 N–H and O–H groups in total. The van der Waals surface area contributed by atoms with Crippen LogP contribution in [0.1, 0.15) is 16.1 Å². The van der Waals surface area contributed by atoms with Crippen LogP contribution in [0.25, 0.3) is 5.69 Å². The molecule has 6 heteroatoms. The molecular weight excluding hydrogens is 237 g/mol. The molecule has 1 heterocycles. The Labute approximate surface area is 103 Å². The molecule has 5 nitrogen and oxygen atoms in total. The zero-order valence-electron chi connectivity index (χ0n) is 9.98. The standard InChI is InChI=1S/C12H12FN3O2/c1-7-3-8(13)5-9(4-7)16-6-15-10(11(16)14)12(17)18-2/h3-6H,14H2,1-2H3. The first kappa shape index (κ1) is 12.1. The van der Waals surface area contributed by atoms with Crippen molar-refractivity contribution in [2.75, 3.05) is 12.8 Å². The first-order valence-corrected chi connectivity index (χ1v) is 5.21. The molecule has 2 aromatic rings. The van der Waals surface area contributed by atoms with Crippen LogP contribution in [0.15, 0.2) is 24.5 Å². The Morgan fingerprint density at radius 1 is 1.44 bits per heavy atom. The van der Waals surface area contributed by atoms with E-state index >= 15 is 0 Å². The Morgan fingerprint density at radius 3 is 2.78 bits per heavy atom. The third-order valence-corrected chi connectivity index (χ3v) is 2.49. The highest BCUT2D eigenvalue weighted by molar-refractivity contribution is 5.92. The molecule has 18 heavy (non-hydrogen) atoms. The molecule has 0 radical (unpaired) electrons. The molecule has 0 fully saturated rings. The van der Waals surface area contributed by atoms with Gasteiger partial charge in [-0.15, -0.1) is 0 Å². The van der Waals surface area contributed by atoms with Gasteiger partial charge in [0, 0.05) is 0 Å². The third kappa shape index (κ3) is 2.04. The number of esters is 1. The summed E-state index contributed by atoms with van der Waals surface area (Å²) in [7, 11) is 1.24. The second-order valence-electron chi connectivity index (χ2n) is 3.83. The number of carbonyl (C=O) groups excluding carboxylic acids is 1. The molecule has 2 rings (SSSR count). The molecule has 0 unspecified atom stereocenters. The number of carbonyl (C=O) groups is 1. The number of rotatable bonds is 2. The summed E-state index contributed by atoms with van der Waals surface area (Å²) >= 11 is 0. The van der Waals surface area contributed by atoms with Crippen molar-refractivity contribution in [2.45, 2.75) is 6.92 Å². The SMILES string of the molecule is COC(=O)c1ncn(-c2cc(C)cc(F)c2)c1N. The summed E-state index contributed by atoms with van der Waals surface area (Å²) in [6.45, 7) is 1.76. The van der Waals surface area contributed by atoms with Crippen LogP contribution in [0.3, 0.4) is 0 Å². The van der Waals surface area contributed by atoms with Gasteiger partial charge in [-0.25, -0.2) is 14.2 Å². The summed E-state index contributed by atoms with van der Waals surface area (Å²) in [5, 5.41) is 0. The fraction of sp³-hybridized carbons (Fsp3) is 0.167. The number of hydrogen-bond acceptors (Lipinski definition) is 4. The summed E-state index contributed by atoms with van der Waals surface area (Å²) in [5.41, 5.74) is 7.06. The Bertz CT molecular complexity index is 587. The molecule has 0 aliphatic heterocycles. The van der Waals surface area contributed by atoms with Crippen LogP contribution >= 0.6 is 0 Å². The van der Waals surface area contributed by atoms with Crippen molar-refractivity contribution in [3.8, 4) is 5.69 Å². The lowest BCUT2D eigenvalue weighted by atomic mass is 10.2. The van der Waals surface area contributed by atoms with E-state index in [9.17, 15) is 9.18 Å². The highest BCUT2D eigenvalue weighted by Crippen LogP contribution is 2.19. The molecule has 0 aliphatic rings. The lowest BCUT2D eigenvalue weighted by Gasteiger charge is -2.06. The van der Waals surface area contributed by atoms with E-state index in [0.717, 1.165) is 5.56 Å². The Hall–Kier alpha value is -2.37. The van der Waals surface area contributed by atoms with Gasteiger partial charge in [0.2, 0.25) is 0 Å². The smallest absolute Gasteiger partial charge is 0.360 e. The van der Waals surface area contributed by atoms with Gasteiger partial charge < -0.3 is 10.5 Å². The topological polar surface area (TPSA) is 70.1 Å². The number of methoxy groups -OCH3 is 1. The van der Waals surface area contributed by atoms with E-state index in [1.165, 1.54) is 30.1 Å². The van der Waals surface area contributed by atoms with Crippen molar-refractivity contribution >= 4 is 11.8 Å². The van der Waals surface area contributed by atoms with Crippen molar-refractivity contribution < 1.29 is 13.9 Å². The fourth-order valence-corrected chi connectivity index (χ4v) is 1.67. The van der Waals surface area contributed by atoms with Crippen molar-refractivity contribution in [2.24, 2.45) is 0 Å². The van der Waals surface area contributed by atoms with E-state index < -0.39 is 5.97 Å². The molecule has 1 aromatic carbocycles. The summed E-state index contributed by atoms with van der Waals surface area (Å²) in [6, 6.07) is 4.45. The van der Waals surface area contributed by atoms with Crippen LogP contribution < -0.4 is 5.73 Å². The van der Waals surface area contributed by atoms with Gasteiger partial charge in [0.05, 0.1) is 12.8 Å². The van der Waals surface area contributed by atoms with Gasteiger partial charge in [0.25, 0.3) is 0 Å². The molecular formula is C12H12FN3O2. The molecule has 0 atom stereocenters. The normalized spacial score (nSPS) is 10.4. The quantitative estimate of drug-likeness (QED) is 0.822. The number of hydrogen-bond donors (Lipinski definition) is 1. The average molecular weight is 249 g/mol. The van der Waals surface area contributed by atoms with Crippen LogP contribution in [0.5, 0.6) is 0 Å². The fourth-order valence-electron chi connectivity index (χ4n) is 1.67. The number of nitrogen functional groups attached to an aromatic ring is 1. The number of halogens is 1. The number of nitrogens with two attached hydrogens (primary N) is 1. The number of nitrogens with zero attached hydrogens (tertiary/aromatic N) is 2. The van der Waals surface area contributed by atoms with E-state index in [1.54, 1.807) is 13.0 Å². The largest absolute Gasteiger partial charge is 0.464 e. The average Bonchev–Trinajstić information content (AvgIpc) is 2.69. The van der Waals surface area contributed by atoms with Gasteiger partial charge in [-0.05, 0) is 30.7 Å². The number of benzene rings is 1. The lowest BCUT2D eigenvalue weighted by Crippen LogP contribution is -2.07. The van der Waals surface area contributed by atoms with Crippen LogP contribution in [-0.2, 0) is 4.74 Å². The van der Waals surface area contributed by atoms with Crippen LogP contribution in [-0.4, -0.2) is 22.6 Å². The summed E-state index contributed by atoms with van der Waals surface area (Å²) in [6.07, 6.45) is 1.36. The maximum absolute atomic E-state index is 13.3. The van der Waals surface area contributed by atoms with E-state index in [-0.39, 0.29) is 17.3 Å². The minimum absolute atomic E-state index is 0.0133. The first-order chi connectivity index (χ1) is 8.52. The Balaban J connectivity index is 2.52. The number of aryl methyl sites for hydroxylation is 1. The summed E-state index contributed by atoms with van der Waals surface area (Å²) < 4.78 is 19.3. The van der Waals surface area contributed by atoms with Gasteiger partial charge in [-0.1, -0.05) is 0 Å². The van der Waals surface area contributed by atoms with Crippen LogP contribution in [0.2, 0.25) is 0 Å². The van der Waals surface area contributed by atoms with Gasteiger partial charge >= 0.3 is 5.97 Å². The second kappa shape index (κ2) is 4.48. The van der Waals surface area contributed by atoms with Crippen molar-refractivity contribution in [1.29, 1.82) is 0 Å². The number of aromatic nitrogens is 2. The van der Waals surface area contributed by atoms with Gasteiger partial charge in [-0.3, -0.25) is 4.57 Å². The second-order valence-corrected chi connectivity index (χ2v) is 3.83. The molecule has 0 aliphatic carbocycles. The highest BCUT2D eigenvalue weighted by atomic mass is 19.1.